The van der Waals surface area contributed by atoms with Crippen LogP contribution >= 0.6 is 0 Å². The third kappa shape index (κ3) is 17.4. The molecule has 24 nitrogen and oxygen atoms in total. The molecule has 0 aliphatic heterocycles. The SMILES string of the molecule is CCC(C)(C)C(=O)OCCC[Si](C)(O[SiH](C)O[Si](O[Si](O[SiH2]O)([SiH2]O)[SiH2]O)([Si](O[Si](C)(C)O)([SiH2]O)[SiH2]O)[Si](O[SiH](O)[Si](C)(C)c1ccccc1)([Si](O[SiH2]O)([SiH2]O)[SiH2]O)[Si](O[SiH2]O)([SiH2]O)[SiH2]O)O[Si](C)(C)C. The summed E-state index contributed by atoms with van der Waals surface area (Å²) < 4.78 is 68.5. The van der Waals surface area contributed by atoms with Gasteiger partial charge >= 0.3 is 38.3 Å². The molecular weight excluding hydrogens is 1320 g/mol. The maximum atomic E-state index is 13.2. The molecule has 47 heteroatoms. The number of carbonyl (C=O) groups excluding carboxylic acids is 1. The van der Waals surface area contributed by atoms with Crippen LogP contribution < -0.4 is 5.19 Å². The average molecular weight is 1400 g/mol. The van der Waals surface area contributed by atoms with E-state index in [0.29, 0.717) is 11.6 Å². The van der Waals surface area contributed by atoms with E-state index < -0.39 is 203 Å². The van der Waals surface area contributed by atoms with E-state index in [4.69, 9.17) is 41.8 Å². The predicted molar refractivity (Wildman–Crippen MR) is 328 cm³/mol. The first-order valence-electron chi connectivity index (χ1n) is 23.2. The van der Waals surface area contributed by atoms with Crippen molar-refractivity contribution in [2.24, 2.45) is 5.41 Å². The third-order valence-electron chi connectivity index (χ3n) is 12.3. The molecule has 0 bridgehead atoms. The Bertz CT molecular complexity index is 1690. The van der Waals surface area contributed by atoms with Crippen LogP contribution in [0, 0.1) is 5.41 Å². The van der Waals surface area contributed by atoms with Gasteiger partial charge in [0.05, 0.1) is 12.0 Å². The van der Waals surface area contributed by atoms with Crippen LogP contribution in [0.5, 0.6) is 0 Å². The Morgan fingerprint density at radius 2 is 1.10 bits per heavy atom. The number of hydrogen-bond donors (Lipinski definition) is 13. The van der Waals surface area contributed by atoms with Crippen molar-refractivity contribution in [2.75, 3.05) is 6.61 Å². The van der Waals surface area contributed by atoms with Crippen molar-refractivity contribution in [1.82, 2.24) is 0 Å². The Hall–Kier alpha value is 2.80. The van der Waals surface area contributed by atoms with E-state index in [9.17, 15) is 67.1 Å². The Kier molecular flexibility index (Phi) is 30.9. The first-order valence-corrected chi connectivity index (χ1v) is 82.5. The van der Waals surface area contributed by atoms with E-state index >= 15 is 0 Å². The molecule has 4 unspecified atom stereocenters. The highest BCUT2D eigenvalue weighted by Crippen LogP contribution is 2.45. The molecule has 0 heterocycles. The van der Waals surface area contributed by atoms with Crippen LogP contribution in [-0.2, 0) is 46.6 Å². The Labute approximate surface area is 455 Å². The third-order valence-corrected chi connectivity index (χ3v) is 228. The first kappa shape index (κ1) is 71.8. The van der Waals surface area contributed by atoms with Gasteiger partial charge in [-0.25, -0.2) is 0 Å². The molecule has 0 fully saturated rings. The number of benzene rings is 1. The molecular formula is C24H86O24Si23. The summed E-state index contributed by atoms with van der Waals surface area (Å²) in [6, 6.07) is 9.09. The topological polar surface area (TPSA) is 372 Å². The highest BCUT2D eigenvalue weighted by molar-refractivity contribution is 8.15. The molecule has 0 aliphatic carbocycles. The Morgan fingerprint density at radius 1 is 0.634 bits per heavy atom. The summed E-state index contributed by atoms with van der Waals surface area (Å²) in [6.07, 6.45) is 0.822. The van der Waals surface area contributed by atoms with Gasteiger partial charge in [-0.3, -0.25) is 4.79 Å². The van der Waals surface area contributed by atoms with Crippen molar-refractivity contribution >= 4 is 209 Å². The summed E-state index contributed by atoms with van der Waals surface area (Å²) in [4.78, 5) is 168. The van der Waals surface area contributed by atoms with E-state index in [1.807, 2.05) is 26.6 Å². The molecule has 418 valence electrons. The molecule has 0 amide bonds. The first-order chi connectivity index (χ1) is 32.8. The summed E-state index contributed by atoms with van der Waals surface area (Å²) in [6.45, 7) is 0.606. The second-order valence-corrected chi connectivity index (χ2v) is 148. The van der Waals surface area contributed by atoms with Gasteiger partial charge in [-0.1, -0.05) is 55.5 Å². The predicted octanol–water partition coefficient (Wildman–Crippen LogP) is -14.6. The zero-order valence-corrected chi connectivity index (χ0v) is 71.3. The Balaban J connectivity index is 5.18. The van der Waals surface area contributed by atoms with Crippen LogP contribution in [0.15, 0.2) is 30.3 Å². The van der Waals surface area contributed by atoms with Crippen molar-refractivity contribution in [3.63, 3.8) is 0 Å². The van der Waals surface area contributed by atoms with Crippen LogP contribution in [0.2, 0.25) is 65.0 Å². The normalized spacial score (nSPS) is 21.9. The van der Waals surface area contributed by atoms with Gasteiger partial charge < -0.3 is 104 Å². The number of rotatable bonds is 38. The molecule has 1 aromatic rings. The van der Waals surface area contributed by atoms with Crippen molar-refractivity contribution in [1.29, 1.82) is 0 Å². The molecule has 1 aromatic carbocycles. The van der Waals surface area contributed by atoms with Gasteiger partial charge in [-0.2, -0.15) is 0 Å². The van der Waals surface area contributed by atoms with Gasteiger partial charge in [0.15, 0.2) is 64.0 Å². The number of carbonyl (C=O) groups is 1. The largest absolute Gasteiger partial charge is 0.465 e. The highest BCUT2D eigenvalue weighted by atomic mass is 30.4. The molecule has 4 atom stereocenters. The molecule has 71 heavy (non-hydrogen) atoms. The molecule has 1 rings (SSSR count). The van der Waals surface area contributed by atoms with Crippen LogP contribution in [0.25, 0.3) is 0 Å². The minimum Gasteiger partial charge on any atom is -0.465 e. The highest BCUT2D eigenvalue weighted by Gasteiger charge is 2.91. The fourth-order valence-corrected chi connectivity index (χ4v) is 387. The molecule has 0 saturated carbocycles. The monoisotopic (exact) mass is 1400 g/mol. The molecule has 0 radical (unpaired) electrons. The molecule has 0 aliphatic rings. The molecule has 13 N–H and O–H groups in total. The van der Waals surface area contributed by atoms with Gasteiger partial charge in [0, 0.05) is 0 Å². The van der Waals surface area contributed by atoms with E-state index in [-0.39, 0.29) is 25.0 Å². The molecule has 0 spiro atoms. The van der Waals surface area contributed by atoms with E-state index in [1.54, 1.807) is 70.4 Å². The average Bonchev–Trinajstić information content (AvgIpc) is 3.31. The van der Waals surface area contributed by atoms with Gasteiger partial charge in [-0.15, -0.1) is 0 Å². The summed E-state index contributed by atoms with van der Waals surface area (Å²) in [5.74, 6) is -0.389. The van der Waals surface area contributed by atoms with Gasteiger partial charge in [0.25, 0.3) is 61.8 Å². The standard InChI is InChI=1S/C24H86O24Si23/c1-13-24(2,3)23(25)39-20-17-21-65(12,46-62(5,6)7)43-60(4)44-67(48-66(52-29,53-30)40-49-26,70(58-35,59-36)47-64(10,11)38)71(68(54-31,55-32)41-50-27,69(56-33,57-34)42-51-28)45-61(37)63(8,9)22-18-15-14-16-19-22/h14-16,18-19,26-38,60-61H,13,17,20-21,49-59H2,1-12H3. The second kappa shape index (κ2) is 30.6. The lowest BCUT2D eigenvalue weighted by atomic mass is 9.91. The smallest absolute Gasteiger partial charge is 0.338 e. The molecule has 0 aromatic heterocycles. The summed E-state index contributed by atoms with van der Waals surface area (Å²) >= 11 is 0. The number of esters is 1. The van der Waals surface area contributed by atoms with E-state index in [0.717, 1.165) is 0 Å². The minimum atomic E-state index is -5.79. The van der Waals surface area contributed by atoms with Crippen LogP contribution in [0.4, 0.5) is 0 Å². The van der Waals surface area contributed by atoms with Gasteiger partial charge in [0.1, 0.15) is 7.59 Å². The fourth-order valence-electron chi connectivity index (χ4n) is 8.28. The van der Waals surface area contributed by atoms with Crippen molar-refractivity contribution < 1.29 is 109 Å². The second-order valence-electron chi connectivity index (χ2n) is 20.1. The van der Waals surface area contributed by atoms with Gasteiger partial charge in [-0.05, 0) is 78.6 Å². The fraction of sp³-hybridized carbons (Fsp3) is 0.708. The van der Waals surface area contributed by atoms with Crippen LogP contribution in [0.3, 0.4) is 0 Å². The van der Waals surface area contributed by atoms with Crippen molar-refractivity contribution in [3.8, 4) is 0 Å². The maximum absolute atomic E-state index is 13.2. The zero-order chi connectivity index (χ0) is 55.0. The quantitative estimate of drug-likeness (QED) is 0.0166. The number of hydrogen-bond acceptors (Lipinski definition) is 24. The summed E-state index contributed by atoms with van der Waals surface area (Å²) in [7, 11) is -63.3. The van der Waals surface area contributed by atoms with Crippen LogP contribution in [0.1, 0.15) is 33.6 Å². The lowest BCUT2D eigenvalue weighted by molar-refractivity contribution is -0.154. The Morgan fingerprint density at radius 3 is 1.48 bits per heavy atom. The van der Waals surface area contributed by atoms with Crippen molar-refractivity contribution in [2.45, 2.75) is 98.6 Å². The van der Waals surface area contributed by atoms with E-state index in [2.05, 4.69) is 0 Å². The summed E-state index contributed by atoms with van der Waals surface area (Å²) in [5.41, 5.74) is -0.736. The summed E-state index contributed by atoms with van der Waals surface area (Å²) in [5, 5.41) is 0.677. The van der Waals surface area contributed by atoms with Crippen molar-refractivity contribution in [3.05, 3.63) is 30.3 Å². The zero-order valence-electron chi connectivity index (χ0n) is 43.5. The lowest BCUT2D eigenvalue weighted by Gasteiger charge is -2.64. The maximum Gasteiger partial charge on any atom is 0.338 e. The lowest BCUT2D eigenvalue weighted by Crippen LogP contribution is -3.06. The minimum absolute atomic E-state index is 0.0118. The van der Waals surface area contributed by atoms with Gasteiger partial charge in [0.2, 0.25) is 32.3 Å². The van der Waals surface area contributed by atoms with E-state index in [1.165, 1.54) is 13.1 Å². The number of ether oxygens (including phenoxy) is 1. The molecule has 0 saturated heterocycles. The van der Waals surface area contributed by atoms with Crippen LogP contribution in [-0.4, -0.2) is 273 Å².